The van der Waals surface area contributed by atoms with Crippen LogP contribution in [0.25, 0.3) is 0 Å². The highest BCUT2D eigenvalue weighted by atomic mass is 32.2. The molecule has 0 aliphatic heterocycles. The van der Waals surface area contributed by atoms with Gasteiger partial charge in [0.15, 0.2) is 5.76 Å². The number of furan rings is 1. The Balaban J connectivity index is 2.18. The van der Waals surface area contributed by atoms with E-state index in [2.05, 4.69) is 20.5 Å². The molecule has 2 rings (SSSR count). The first-order valence-electron chi connectivity index (χ1n) is 4.26. The van der Waals surface area contributed by atoms with Gasteiger partial charge in [0.2, 0.25) is 11.0 Å². The topological polar surface area (TPSA) is 144 Å². The molecule has 0 spiro atoms. The molecule has 0 saturated carbocycles. The van der Waals surface area contributed by atoms with Crippen LogP contribution in [0.5, 0.6) is 0 Å². The van der Waals surface area contributed by atoms with E-state index in [0.717, 1.165) is 6.07 Å². The summed E-state index contributed by atoms with van der Waals surface area (Å²) in [7, 11) is -3.96. The van der Waals surface area contributed by atoms with Crippen molar-refractivity contribution >= 4 is 21.9 Å². The zero-order valence-electron chi connectivity index (χ0n) is 8.25. The molecule has 0 aromatic carbocycles. The van der Waals surface area contributed by atoms with Crippen molar-refractivity contribution in [1.29, 1.82) is 0 Å². The van der Waals surface area contributed by atoms with Crippen molar-refractivity contribution in [3.63, 3.8) is 0 Å². The average molecular weight is 257 g/mol. The zero-order chi connectivity index (χ0) is 12.5. The van der Waals surface area contributed by atoms with Crippen LogP contribution in [0.15, 0.2) is 28.0 Å². The van der Waals surface area contributed by atoms with Crippen LogP contribution in [0.2, 0.25) is 0 Å². The normalized spacial score (nSPS) is 11.4. The zero-order valence-corrected chi connectivity index (χ0v) is 9.06. The van der Waals surface area contributed by atoms with E-state index in [1.807, 2.05) is 0 Å². The van der Waals surface area contributed by atoms with Gasteiger partial charge in [-0.2, -0.15) is 10.1 Å². The van der Waals surface area contributed by atoms with E-state index in [0.29, 0.717) is 0 Å². The molecule has 0 saturated heterocycles. The number of nitrogens with one attached hydrogen (secondary N) is 2. The standard InChI is InChI=1S/C7H7N5O4S/c8-17(14,15)5-2-1-4(16-5)6(13)11-7-9-3-10-12-7/h1-3H,(H2,8,14,15)(H2,9,10,11,12,13). The maximum Gasteiger partial charge on any atom is 0.293 e. The summed E-state index contributed by atoms with van der Waals surface area (Å²) in [4.78, 5) is 15.2. The molecule has 2 aromatic heterocycles. The number of hydrogen-bond acceptors (Lipinski definition) is 6. The van der Waals surface area contributed by atoms with Gasteiger partial charge < -0.3 is 4.42 Å². The van der Waals surface area contributed by atoms with Crippen LogP contribution >= 0.6 is 0 Å². The third-order valence-corrected chi connectivity index (χ3v) is 2.51. The van der Waals surface area contributed by atoms with Gasteiger partial charge >= 0.3 is 0 Å². The molecule has 9 nitrogen and oxygen atoms in total. The lowest BCUT2D eigenvalue weighted by Crippen LogP contribution is -2.13. The second kappa shape index (κ2) is 3.99. The Kier molecular flexibility index (Phi) is 2.65. The van der Waals surface area contributed by atoms with Crippen LogP contribution in [0.3, 0.4) is 0 Å². The third-order valence-electron chi connectivity index (χ3n) is 1.73. The number of sulfonamides is 1. The number of carbonyl (C=O) groups is 1. The number of hydrogen-bond donors (Lipinski definition) is 3. The Morgan fingerprint density at radius 2 is 2.24 bits per heavy atom. The number of nitrogens with zero attached hydrogens (tertiary/aromatic N) is 2. The molecule has 0 aliphatic rings. The van der Waals surface area contributed by atoms with Crippen molar-refractivity contribution < 1.29 is 17.6 Å². The van der Waals surface area contributed by atoms with Gasteiger partial charge in [0.25, 0.3) is 15.9 Å². The van der Waals surface area contributed by atoms with Crippen molar-refractivity contribution in [1.82, 2.24) is 15.2 Å². The summed E-state index contributed by atoms with van der Waals surface area (Å²) in [5.41, 5.74) is 0. The molecule has 4 N–H and O–H groups in total. The number of nitrogens with two attached hydrogens (primary N) is 1. The highest BCUT2D eigenvalue weighted by molar-refractivity contribution is 7.89. The minimum absolute atomic E-state index is 0.114. The highest BCUT2D eigenvalue weighted by Crippen LogP contribution is 2.13. The molecule has 0 fully saturated rings. The van der Waals surface area contributed by atoms with E-state index in [9.17, 15) is 13.2 Å². The minimum Gasteiger partial charge on any atom is -0.438 e. The first kappa shape index (κ1) is 11.3. The molecule has 0 radical (unpaired) electrons. The van der Waals surface area contributed by atoms with Crippen LogP contribution < -0.4 is 10.5 Å². The number of carbonyl (C=O) groups excluding carboxylic acids is 1. The van der Waals surface area contributed by atoms with Crippen molar-refractivity contribution in [2.75, 3.05) is 5.32 Å². The van der Waals surface area contributed by atoms with Gasteiger partial charge in [0.1, 0.15) is 6.33 Å². The predicted octanol–water partition coefficient (Wildman–Crippen LogP) is -0.703. The molecule has 10 heteroatoms. The fourth-order valence-corrected chi connectivity index (χ4v) is 1.49. The summed E-state index contributed by atoms with van der Waals surface area (Å²) in [5.74, 6) is -0.759. The Labute approximate surface area is 95.1 Å². The molecular formula is C7H7N5O4S. The predicted molar refractivity (Wildman–Crippen MR) is 54.4 cm³/mol. The van der Waals surface area contributed by atoms with E-state index < -0.39 is 21.0 Å². The number of rotatable bonds is 3. The minimum atomic E-state index is -3.96. The van der Waals surface area contributed by atoms with Crippen molar-refractivity contribution in [2.45, 2.75) is 5.09 Å². The fourth-order valence-electron chi connectivity index (χ4n) is 1.03. The first-order valence-corrected chi connectivity index (χ1v) is 5.81. The Hall–Kier alpha value is -2.20. The summed E-state index contributed by atoms with van der Waals surface area (Å²) in [6, 6.07) is 2.27. The van der Waals surface area contributed by atoms with Crippen molar-refractivity contribution in [2.24, 2.45) is 5.14 Å². The molecule has 0 bridgehead atoms. The summed E-state index contributed by atoms with van der Waals surface area (Å²) in [6.45, 7) is 0. The maximum atomic E-state index is 11.5. The van der Waals surface area contributed by atoms with Crippen molar-refractivity contribution in [3.05, 3.63) is 24.2 Å². The van der Waals surface area contributed by atoms with E-state index in [1.54, 1.807) is 0 Å². The van der Waals surface area contributed by atoms with Gasteiger partial charge in [0.05, 0.1) is 0 Å². The monoisotopic (exact) mass is 257 g/mol. The summed E-state index contributed by atoms with van der Waals surface area (Å²) < 4.78 is 26.6. The van der Waals surface area contributed by atoms with Crippen molar-refractivity contribution in [3.8, 4) is 0 Å². The number of H-pyrrole nitrogens is 1. The smallest absolute Gasteiger partial charge is 0.293 e. The summed E-state index contributed by atoms with van der Waals surface area (Å²) in [5, 5.41) is 12.6. The summed E-state index contributed by atoms with van der Waals surface area (Å²) >= 11 is 0. The number of aromatic amines is 1. The largest absolute Gasteiger partial charge is 0.438 e. The Bertz CT molecular complexity index is 629. The lowest BCUT2D eigenvalue weighted by molar-refractivity contribution is 0.0991. The van der Waals surface area contributed by atoms with Crippen LogP contribution in [0.4, 0.5) is 5.95 Å². The summed E-state index contributed by atoms with van der Waals surface area (Å²) in [6.07, 6.45) is 1.20. The highest BCUT2D eigenvalue weighted by Gasteiger charge is 2.17. The molecule has 2 aromatic rings. The lowest BCUT2D eigenvalue weighted by Gasteiger charge is -1.97. The van der Waals surface area contributed by atoms with Crippen LogP contribution in [0, 0.1) is 0 Å². The van der Waals surface area contributed by atoms with Crippen LogP contribution in [-0.4, -0.2) is 29.5 Å². The van der Waals surface area contributed by atoms with Gasteiger partial charge in [0, 0.05) is 0 Å². The third kappa shape index (κ3) is 2.49. The maximum absolute atomic E-state index is 11.5. The molecule has 1 amide bonds. The van der Waals surface area contributed by atoms with E-state index in [1.165, 1.54) is 12.4 Å². The Morgan fingerprint density at radius 3 is 2.76 bits per heavy atom. The first-order chi connectivity index (χ1) is 7.97. The SMILES string of the molecule is NS(=O)(=O)c1ccc(C(=O)Nc2ncn[nH]2)o1. The van der Waals surface area contributed by atoms with Gasteiger partial charge in [-0.05, 0) is 12.1 Å². The molecule has 90 valence electrons. The van der Waals surface area contributed by atoms with Crippen LogP contribution in [-0.2, 0) is 10.0 Å². The lowest BCUT2D eigenvalue weighted by atomic mass is 10.4. The Morgan fingerprint density at radius 1 is 1.47 bits per heavy atom. The molecule has 0 atom stereocenters. The average Bonchev–Trinajstić information content (AvgIpc) is 2.85. The quantitative estimate of drug-likeness (QED) is 0.662. The number of primary sulfonamides is 1. The molecule has 0 unspecified atom stereocenters. The second-order valence-corrected chi connectivity index (χ2v) is 4.44. The van der Waals surface area contributed by atoms with E-state index in [-0.39, 0.29) is 11.7 Å². The van der Waals surface area contributed by atoms with Gasteiger partial charge in [-0.25, -0.2) is 18.7 Å². The molecule has 2 heterocycles. The fraction of sp³-hybridized carbons (Fsp3) is 0. The van der Waals surface area contributed by atoms with Gasteiger partial charge in [-0.1, -0.05) is 0 Å². The van der Waals surface area contributed by atoms with Crippen LogP contribution in [0.1, 0.15) is 10.6 Å². The molecule has 17 heavy (non-hydrogen) atoms. The van der Waals surface area contributed by atoms with Gasteiger partial charge in [-0.15, -0.1) is 0 Å². The van der Waals surface area contributed by atoms with E-state index in [4.69, 9.17) is 9.56 Å². The molecule has 0 aliphatic carbocycles. The molecular weight excluding hydrogens is 250 g/mol. The number of amides is 1. The second-order valence-electron chi connectivity index (χ2n) is 2.95. The number of anilines is 1. The van der Waals surface area contributed by atoms with Gasteiger partial charge in [-0.3, -0.25) is 10.1 Å². The number of aromatic nitrogens is 3. The van der Waals surface area contributed by atoms with E-state index >= 15 is 0 Å².